The van der Waals surface area contributed by atoms with Crippen molar-refractivity contribution in [3.8, 4) is 6.07 Å². The average Bonchev–Trinajstić information content (AvgIpc) is 2.77. The summed E-state index contributed by atoms with van der Waals surface area (Å²) in [5.74, 6) is 0.153. The number of nitrogens with zero attached hydrogens (tertiary/aromatic N) is 1. The first-order valence-electron chi connectivity index (χ1n) is 4.99. The van der Waals surface area contributed by atoms with Gasteiger partial charge in [0.15, 0.2) is 5.41 Å². The predicted molar refractivity (Wildman–Crippen MR) is 50.0 cm³/mol. The largest absolute Gasteiger partial charge is 0.465 e. The van der Waals surface area contributed by atoms with Gasteiger partial charge in [-0.3, -0.25) is 4.79 Å². The minimum atomic E-state index is -0.880. The van der Waals surface area contributed by atoms with Crippen LogP contribution in [0.5, 0.6) is 0 Å². The third kappa shape index (κ3) is 1.07. The molecule has 0 amide bonds. The van der Waals surface area contributed by atoms with Crippen molar-refractivity contribution in [1.82, 2.24) is 0 Å². The number of hydrogen-bond donors (Lipinski definition) is 0. The molecule has 3 atom stereocenters. The molecule has 2 rings (SSSR count). The molecule has 2 aliphatic carbocycles. The molecule has 0 spiro atoms. The molecule has 1 unspecified atom stereocenters. The maximum absolute atomic E-state index is 11.7. The van der Waals surface area contributed by atoms with Crippen LogP contribution in [0.1, 0.15) is 19.8 Å². The molecule has 0 N–H and O–H groups in total. The normalized spacial score (nSPS) is 38.3. The first-order chi connectivity index (χ1) is 6.73. The van der Waals surface area contributed by atoms with Crippen LogP contribution in [-0.4, -0.2) is 12.6 Å². The van der Waals surface area contributed by atoms with E-state index >= 15 is 0 Å². The Bertz CT molecular complexity index is 329. The lowest BCUT2D eigenvalue weighted by Crippen LogP contribution is -2.35. The lowest BCUT2D eigenvalue weighted by Gasteiger charge is -2.25. The van der Waals surface area contributed by atoms with E-state index in [1.165, 1.54) is 0 Å². The van der Waals surface area contributed by atoms with Crippen molar-refractivity contribution in [2.24, 2.45) is 17.3 Å². The summed E-state index contributed by atoms with van der Waals surface area (Å²) in [6, 6.07) is 2.17. The minimum Gasteiger partial charge on any atom is -0.465 e. The molecule has 74 valence electrons. The van der Waals surface area contributed by atoms with Crippen molar-refractivity contribution in [1.29, 1.82) is 5.26 Å². The van der Waals surface area contributed by atoms with Crippen LogP contribution in [0.15, 0.2) is 12.2 Å². The van der Waals surface area contributed by atoms with Gasteiger partial charge in [0.25, 0.3) is 0 Å². The highest BCUT2D eigenvalue weighted by molar-refractivity contribution is 5.81. The number of carbonyl (C=O) groups excluding carboxylic acids is 1. The highest BCUT2D eigenvalue weighted by Gasteiger charge is 2.55. The Balaban J connectivity index is 2.25. The second-order valence-corrected chi connectivity index (χ2v) is 3.99. The number of hydrogen-bond acceptors (Lipinski definition) is 3. The van der Waals surface area contributed by atoms with Crippen molar-refractivity contribution < 1.29 is 9.53 Å². The lowest BCUT2D eigenvalue weighted by atomic mass is 9.77. The van der Waals surface area contributed by atoms with Gasteiger partial charge in [-0.2, -0.15) is 5.26 Å². The van der Waals surface area contributed by atoms with Crippen LogP contribution in [-0.2, 0) is 9.53 Å². The van der Waals surface area contributed by atoms with Gasteiger partial charge in [-0.15, -0.1) is 0 Å². The van der Waals surface area contributed by atoms with Crippen LogP contribution < -0.4 is 0 Å². The number of fused-ring (bicyclic) bond motifs is 2. The van der Waals surface area contributed by atoms with Crippen LogP contribution in [0.25, 0.3) is 0 Å². The van der Waals surface area contributed by atoms with Crippen LogP contribution in [0.3, 0.4) is 0 Å². The second-order valence-electron chi connectivity index (χ2n) is 3.99. The minimum absolute atomic E-state index is 0.0801. The third-order valence-electron chi connectivity index (χ3n) is 3.23. The van der Waals surface area contributed by atoms with Crippen molar-refractivity contribution in [2.45, 2.75) is 19.8 Å². The number of rotatable bonds is 2. The second kappa shape index (κ2) is 3.13. The van der Waals surface area contributed by atoms with Gasteiger partial charge in [-0.05, 0) is 25.7 Å². The summed E-state index contributed by atoms with van der Waals surface area (Å²) in [6.07, 6.45) is 5.68. The number of ether oxygens (including phenoxy) is 1. The molecule has 2 bridgehead atoms. The van der Waals surface area contributed by atoms with Gasteiger partial charge in [-0.1, -0.05) is 12.2 Å². The zero-order valence-corrected chi connectivity index (χ0v) is 8.19. The molecule has 0 saturated heterocycles. The Morgan fingerprint density at radius 1 is 1.71 bits per heavy atom. The molecular formula is C11H13NO2. The highest BCUT2D eigenvalue weighted by atomic mass is 16.5. The Kier molecular flexibility index (Phi) is 2.07. The third-order valence-corrected chi connectivity index (χ3v) is 3.23. The summed E-state index contributed by atoms with van der Waals surface area (Å²) >= 11 is 0. The van der Waals surface area contributed by atoms with Crippen LogP contribution >= 0.6 is 0 Å². The van der Waals surface area contributed by atoms with Gasteiger partial charge < -0.3 is 4.74 Å². The van der Waals surface area contributed by atoms with Crippen LogP contribution in [0, 0.1) is 28.6 Å². The standard InChI is InChI=1S/C11H13NO2/c1-2-14-10(13)11(7-12)6-8-3-4-9(11)5-8/h3-4,8-9H,2,5-6H2,1H3/t8-,9+,11?/m0/s1. The Labute approximate surface area is 83.4 Å². The molecule has 14 heavy (non-hydrogen) atoms. The van der Waals surface area contributed by atoms with E-state index in [0.29, 0.717) is 18.9 Å². The quantitative estimate of drug-likeness (QED) is 0.492. The van der Waals surface area contributed by atoms with Crippen LogP contribution in [0.4, 0.5) is 0 Å². The van der Waals surface area contributed by atoms with Crippen molar-refractivity contribution in [3.05, 3.63) is 12.2 Å². The summed E-state index contributed by atoms with van der Waals surface area (Å²) in [7, 11) is 0. The van der Waals surface area contributed by atoms with E-state index in [4.69, 9.17) is 10.00 Å². The van der Waals surface area contributed by atoms with Crippen molar-refractivity contribution in [2.75, 3.05) is 6.61 Å². The Hall–Kier alpha value is -1.30. The maximum Gasteiger partial charge on any atom is 0.327 e. The molecule has 0 radical (unpaired) electrons. The molecule has 2 aliphatic rings. The van der Waals surface area contributed by atoms with E-state index in [2.05, 4.69) is 12.1 Å². The fourth-order valence-corrected chi connectivity index (χ4v) is 2.53. The topological polar surface area (TPSA) is 50.1 Å². The number of esters is 1. The van der Waals surface area contributed by atoms with Gasteiger partial charge in [0.2, 0.25) is 0 Å². The van der Waals surface area contributed by atoms with E-state index < -0.39 is 5.41 Å². The number of carbonyl (C=O) groups is 1. The zero-order valence-electron chi connectivity index (χ0n) is 8.19. The molecular weight excluding hydrogens is 178 g/mol. The maximum atomic E-state index is 11.7. The fourth-order valence-electron chi connectivity index (χ4n) is 2.53. The Morgan fingerprint density at radius 3 is 2.93 bits per heavy atom. The van der Waals surface area contributed by atoms with Crippen molar-refractivity contribution >= 4 is 5.97 Å². The summed E-state index contributed by atoms with van der Waals surface area (Å²) < 4.78 is 4.98. The number of nitriles is 1. The van der Waals surface area contributed by atoms with Gasteiger partial charge >= 0.3 is 5.97 Å². The lowest BCUT2D eigenvalue weighted by molar-refractivity contribution is -0.153. The van der Waals surface area contributed by atoms with Crippen molar-refractivity contribution in [3.63, 3.8) is 0 Å². The molecule has 0 aromatic carbocycles. The molecule has 1 saturated carbocycles. The zero-order chi connectivity index (χ0) is 10.2. The highest BCUT2D eigenvalue weighted by Crippen LogP contribution is 2.52. The Morgan fingerprint density at radius 2 is 2.50 bits per heavy atom. The molecule has 0 aromatic rings. The number of allylic oxidation sites excluding steroid dienone is 2. The molecule has 0 heterocycles. The van der Waals surface area contributed by atoms with Gasteiger partial charge in [0, 0.05) is 5.92 Å². The summed E-state index contributed by atoms with van der Waals surface area (Å²) in [5.41, 5.74) is -0.880. The molecule has 3 nitrogen and oxygen atoms in total. The summed E-state index contributed by atoms with van der Waals surface area (Å²) in [6.45, 7) is 2.12. The van der Waals surface area contributed by atoms with Gasteiger partial charge in [0.1, 0.15) is 0 Å². The van der Waals surface area contributed by atoms with E-state index in [9.17, 15) is 4.79 Å². The van der Waals surface area contributed by atoms with Crippen LogP contribution in [0.2, 0.25) is 0 Å². The van der Waals surface area contributed by atoms with E-state index in [1.807, 2.05) is 6.08 Å². The SMILES string of the molecule is CCOC(=O)C1(C#N)C[C@H]2C=C[C@@H]1C2. The average molecular weight is 191 g/mol. The summed E-state index contributed by atoms with van der Waals surface area (Å²) in [5, 5.41) is 9.15. The first-order valence-corrected chi connectivity index (χ1v) is 4.99. The van der Waals surface area contributed by atoms with E-state index in [0.717, 1.165) is 6.42 Å². The fraction of sp³-hybridized carbons (Fsp3) is 0.636. The first kappa shape index (κ1) is 9.26. The van der Waals surface area contributed by atoms with Gasteiger partial charge in [-0.25, -0.2) is 0 Å². The monoisotopic (exact) mass is 191 g/mol. The molecule has 1 fully saturated rings. The predicted octanol–water partition coefficient (Wildman–Crippen LogP) is 1.66. The molecule has 3 heteroatoms. The van der Waals surface area contributed by atoms with E-state index in [-0.39, 0.29) is 11.9 Å². The molecule has 0 aliphatic heterocycles. The molecule has 0 aromatic heterocycles. The smallest absolute Gasteiger partial charge is 0.327 e. The summed E-state index contributed by atoms with van der Waals surface area (Å²) in [4.78, 5) is 11.7. The van der Waals surface area contributed by atoms with E-state index in [1.54, 1.807) is 6.92 Å². The van der Waals surface area contributed by atoms with Gasteiger partial charge in [0.05, 0.1) is 12.7 Å².